The van der Waals surface area contributed by atoms with Crippen LogP contribution >= 0.6 is 0 Å². The number of nitrogens with zero attached hydrogens (tertiary/aromatic N) is 2. The minimum absolute atomic E-state index is 0.206. The Labute approximate surface area is 124 Å². The van der Waals surface area contributed by atoms with E-state index in [1.54, 1.807) is 6.33 Å². The standard InChI is InChI=1S/C16H19N3O2/c1-21-15(20)7-9-19-11-17-10-14(19)13-6-2-4-12-5-3-8-18-16(12)13/h2,4,6,10-11,18H,3,5,7-9H2,1H3. The van der Waals surface area contributed by atoms with Crippen molar-refractivity contribution in [3.63, 3.8) is 0 Å². The van der Waals surface area contributed by atoms with Gasteiger partial charge in [-0.05, 0) is 18.4 Å². The van der Waals surface area contributed by atoms with Crippen molar-refractivity contribution in [2.45, 2.75) is 25.8 Å². The van der Waals surface area contributed by atoms with Crippen LogP contribution in [-0.4, -0.2) is 29.2 Å². The van der Waals surface area contributed by atoms with Crippen molar-refractivity contribution in [3.8, 4) is 11.3 Å². The summed E-state index contributed by atoms with van der Waals surface area (Å²) < 4.78 is 6.70. The molecular formula is C16H19N3O2. The number of hydrogen-bond donors (Lipinski definition) is 1. The number of rotatable bonds is 4. The van der Waals surface area contributed by atoms with Gasteiger partial charge >= 0.3 is 5.97 Å². The average Bonchev–Trinajstić information content (AvgIpc) is 3.00. The van der Waals surface area contributed by atoms with E-state index in [1.807, 2.05) is 10.8 Å². The predicted octanol–water partition coefficient (Wildman–Crippen LogP) is 2.47. The van der Waals surface area contributed by atoms with Gasteiger partial charge in [0.2, 0.25) is 0 Å². The van der Waals surface area contributed by atoms with Crippen LogP contribution in [0.5, 0.6) is 0 Å². The lowest BCUT2D eigenvalue weighted by molar-refractivity contribution is -0.140. The molecule has 1 aliphatic heterocycles. The van der Waals surface area contributed by atoms with Gasteiger partial charge in [0.1, 0.15) is 0 Å². The summed E-state index contributed by atoms with van der Waals surface area (Å²) >= 11 is 0. The van der Waals surface area contributed by atoms with Crippen molar-refractivity contribution in [1.29, 1.82) is 0 Å². The molecule has 2 aromatic rings. The molecular weight excluding hydrogens is 266 g/mol. The Morgan fingerprint density at radius 3 is 3.24 bits per heavy atom. The van der Waals surface area contributed by atoms with E-state index >= 15 is 0 Å². The molecule has 110 valence electrons. The summed E-state index contributed by atoms with van der Waals surface area (Å²) in [5.74, 6) is -0.206. The van der Waals surface area contributed by atoms with Gasteiger partial charge in [-0.2, -0.15) is 0 Å². The van der Waals surface area contributed by atoms with Crippen molar-refractivity contribution >= 4 is 11.7 Å². The molecule has 5 nitrogen and oxygen atoms in total. The van der Waals surface area contributed by atoms with E-state index in [-0.39, 0.29) is 5.97 Å². The van der Waals surface area contributed by atoms with Crippen LogP contribution in [0.3, 0.4) is 0 Å². The highest BCUT2D eigenvalue weighted by Crippen LogP contribution is 2.33. The number of imidazole rings is 1. The third-order valence-corrected chi connectivity index (χ3v) is 3.85. The molecule has 0 bridgehead atoms. The van der Waals surface area contributed by atoms with Crippen LogP contribution in [-0.2, 0) is 22.5 Å². The summed E-state index contributed by atoms with van der Waals surface area (Å²) in [5.41, 5.74) is 4.72. The zero-order valence-corrected chi connectivity index (χ0v) is 12.1. The number of fused-ring (bicyclic) bond motifs is 1. The van der Waals surface area contributed by atoms with E-state index < -0.39 is 0 Å². The fraction of sp³-hybridized carbons (Fsp3) is 0.375. The number of esters is 1. The molecule has 21 heavy (non-hydrogen) atoms. The zero-order chi connectivity index (χ0) is 14.7. The first kappa shape index (κ1) is 13.7. The quantitative estimate of drug-likeness (QED) is 0.877. The number of nitrogens with one attached hydrogen (secondary N) is 1. The second-order valence-electron chi connectivity index (χ2n) is 5.17. The highest BCUT2D eigenvalue weighted by molar-refractivity contribution is 5.79. The van der Waals surface area contributed by atoms with Crippen LogP contribution in [0.1, 0.15) is 18.4 Å². The van der Waals surface area contributed by atoms with Crippen molar-refractivity contribution in [2.75, 3.05) is 19.0 Å². The fourth-order valence-electron chi connectivity index (χ4n) is 2.76. The Morgan fingerprint density at radius 2 is 2.38 bits per heavy atom. The van der Waals surface area contributed by atoms with Crippen molar-refractivity contribution in [1.82, 2.24) is 9.55 Å². The third-order valence-electron chi connectivity index (χ3n) is 3.85. The Bertz CT molecular complexity index is 649. The first-order valence-electron chi connectivity index (χ1n) is 7.22. The molecule has 0 unspecified atom stereocenters. The Morgan fingerprint density at radius 1 is 1.48 bits per heavy atom. The molecule has 0 radical (unpaired) electrons. The molecule has 0 atom stereocenters. The second kappa shape index (κ2) is 5.99. The number of para-hydroxylation sites is 1. The van der Waals surface area contributed by atoms with Crippen LogP contribution in [0.25, 0.3) is 11.3 Å². The second-order valence-corrected chi connectivity index (χ2v) is 5.17. The van der Waals surface area contributed by atoms with Gasteiger partial charge in [-0.3, -0.25) is 4.79 Å². The number of carbonyl (C=O) groups excluding carboxylic acids is 1. The largest absolute Gasteiger partial charge is 0.469 e. The van der Waals surface area contributed by atoms with E-state index in [2.05, 4.69) is 28.5 Å². The first-order chi connectivity index (χ1) is 10.3. The molecule has 0 fully saturated rings. The van der Waals surface area contributed by atoms with Crippen molar-refractivity contribution < 1.29 is 9.53 Å². The lowest BCUT2D eigenvalue weighted by Gasteiger charge is -2.21. The summed E-state index contributed by atoms with van der Waals surface area (Å²) in [6, 6.07) is 6.35. The average molecular weight is 285 g/mol. The summed E-state index contributed by atoms with van der Waals surface area (Å²) in [6.07, 6.45) is 6.23. The summed E-state index contributed by atoms with van der Waals surface area (Å²) in [5, 5.41) is 3.49. The van der Waals surface area contributed by atoms with E-state index in [0.717, 1.165) is 30.6 Å². The van der Waals surface area contributed by atoms with Crippen LogP contribution in [0.4, 0.5) is 5.69 Å². The van der Waals surface area contributed by atoms with Gasteiger partial charge in [0, 0.05) is 24.3 Å². The molecule has 0 amide bonds. The fourth-order valence-corrected chi connectivity index (χ4v) is 2.76. The lowest BCUT2D eigenvalue weighted by atomic mass is 9.98. The number of carbonyl (C=O) groups is 1. The predicted molar refractivity (Wildman–Crippen MR) is 81.1 cm³/mol. The van der Waals surface area contributed by atoms with Gasteiger partial charge in [0.25, 0.3) is 0 Å². The molecule has 1 aliphatic rings. The molecule has 5 heteroatoms. The van der Waals surface area contributed by atoms with E-state index in [9.17, 15) is 4.79 Å². The SMILES string of the molecule is COC(=O)CCn1cncc1-c1cccc2c1NCCC2. The van der Waals surface area contributed by atoms with E-state index in [4.69, 9.17) is 4.74 Å². The maximum Gasteiger partial charge on any atom is 0.307 e. The number of aryl methyl sites for hydroxylation is 2. The Balaban J connectivity index is 1.91. The highest BCUT2D eigenvalue weighted by atomic mass is 16.5. The zero-order valence-electron chi connectivity index (χ0n) is 12.1. The molecule has 3 rings (SSSR count). The number of hydrogen-bond acceptors (Lipinski definition) is 4. The van der Waals surface area contributed by atoms with Crippen LogP contribution in [0.2, 0.25) is 0 Å². The molecule has 1 aromatic heterocycles. The summed E-state index contributed by atoms with van der Waals surface area (Å²) in [4.78, 5) is 15.6. The number of anilines is 1. The smallest absolute Gasteiger partial charge is 0.307 e. The molecule has 1 aromatic carbocycles. The molecule has 0 aliphatic carbocycles. The topological polar surface area (TPSA) is 56.2 Å². The molecule has 2 heterocycles. The van der Waals surface area contributed by atoms with Gasteiger partial charge in [-0.15, -0.1) is 0 Å². The third kappa shape index (κ3) is 2.77. The summed E-state index contributed by atoms with van der Waals surface area (Å²) in [7, 11) is 1.41. The molecule has 1 N–H and O–H groups in total. The van der Waals surface area contributed by atoms with Crippen LogP contribution in [0, 0.1) is 0 Å². The van der Waals surface area contributed by atoms with E-state index in [1.165, 1.54) is 18.4 Å². The number of methoxy groups -OCH3 is 1. The van der Waals surface area contributed by atoms with Gasteiger partial charge in [-0.25, -0.2) is 4.98 Å². The normalized spacial score (nSPS) is 13.4. The number of aromatic nitrogens is 2. The number of ether oxygens (including phenoxy) is 1. The minimum Gasteiger partial charge on any atom is -0.469 e. The van der Waals surface area contributed by atoms with Gasteiger partial charge in [0.15, 0.2) is 0 Å². The maximum atomic E-state index is 11.3. The maximum absolute atomic E-state index is 11.3. The highest BCUT2D eigenvalue weighted by Gasteiger charge is 2.16. The first-order valence-corrected chi connectivity index (χ1v) is 7.22. The van der Waals surface area contributed by atoms with Gasteiger partial charge < -0.3 is 14.6 Å². The number of benzene rings is 1. The monoisotopic (exact) mass is 285 g/mol. The molecule has 0 saturated heterocycles. The lowest BCUT2D eigenvalue weighted by Crippen LogP contribution is -2.13. The van der Waals surface area contributed by atoms with Crippen LogP contribution < -0.4 is 5.32 Å². The Kier molecular flexibility index (Phi) is 3.90. The van der Waals surface area contributed by atoms with Gasteiger partial charge in [0.05, 0.1) is 31.7 Å². The minimum atomic E-state index is -0.206. The molecule has 0 spiro atoms. The van der Waals surface area contributed by atoms with Crippen molar-refractivity contribution in [3.05, 3.63) is 36.3 Å². The summed E-state index contributed by atoms with van der Waals surface area (Å²) in [6.45, 7) is 1.58. The van der Waals surface area contributed by atoms with Crippen LogP contribution in [0.15, 0.2) is 30.7 Å². The van der Waals surface area contributed by atoms with Gasteiger partial charge in [-0.1, -0.05) is 18.2 Å². The van der Waals surface area contributed by atoms with Crippen molar-refractivity contribution in [2.24, 2.45) is 0 Å². The van der Waals surface area contributed by atoms with E-state index in [0.29, 0.717) is 13.0 Å². The Hall–Kier alpha value is -2.30. The molecule has 0 saturated carbocycles.